The van der Waals surface area contributed by atoms with Crippen LogP contribution in [-0.2, 0) is 0 Å². The van der Waals surface area contributed by atoms with Gasteiger partial charge in [0.05, 0.1) is 16.7 Å². The smallest absolute Gasteiger partial charge is 0.139 e. The molecule has 0 spiro atoms. The normalized spacial score (nSPS) is 15.7. The first-order chi connectivity index (χ1) is 12.1. The fourth-order valence-corrected chi connectivity index (χ4v) is 3.20. The van der Waals surface area contributed by atoms with Gasteiger partial charge in [0, 0.05) is 44.5 Å². The first kappa shape index (κ1) is 15.7. The monoisotopic (exact) mass is 338 g/mol. The van der Waals surface area contributed by atoms with Crippen LogP contribution in [0.25, 0.3) is 22.4 Å². The maximum absolute atomic E-state index is 10.0. The van der Waals surface area contributed by atoms with Crippen LogP contribution < -0.4 is 16.1 Å². The first-order valence-electron chi connectivity index (χ1n) is 8.39. The van der Waals surface area contributed by atoms with Gasteiger partial charge in [0.1, 0.15) is 11.6 Å². The second-order valence-corrected chi connectivity index (χ2v) is 6.29. The largest absolute Gasteiger partial charge is 0.506 e. The van der Waals surface area contributed by atoms with E-state index in [4.69, 9.17) is 5.84 Å². The molecular weight excluding hydrogens is 316 g/mol. The minimum Gasteiger partial charge on any atom is -0.506 e. The molecule has 0 amide bonds. The number of phenolic OH excluding ortho intramolecular Hbond substituents is 1. The number of nitrogens with zero attached hydrogens (tertiary/aromatic N) is 3. The van der Waals surface area contributed by atoms with Crippen LogP contribution in [-0.4, -0.2) is 53.3 Å². The van der Waals surface area contributed by atoms with E-state index < -0.39 is 0 Å². The summed E-state index contributed by atoms with van der Waals surface area (Å²) in [7, 11) is 1.78. The van der Waals surface area contributed by atoms with E-state index in [1.807, 2.05) is 23.2 Å². The Labute approximate surface area is 146 Å². The lowest BCUT2D eigenvalue weighted by atomic mass is 10.2. The molecule has 2 heterocycles. The summed E-state index contributed by atoms with van der Waals surface area (Å²) in [4.78, 5) is 10.3. The van der Waals surface area contributed by atoms with E-state index in [0.717, 1.165) is 48.6 Å². The number of piperazine rings is 1. The van der Waals surface area contributed by atoms with Gasteiger partial charge in [0.15, 0.2) is 0 Å². The highest BCUT2D eigenvalue weighted by atomic mass is 16.3. The molecule has 4 rings (SSSR count). The molecule has 2 aromatic carbocycles. The highest BCUT2D eigenvalue weighted by Crippen LogP contribution is 2.30. The topological polar surface area (TPSA) is 93.4 Å². The number of aromatic nitrogens is 2. The number of nitrogens with two attached hydrogens (primary N) is 1. The van der Waals surface area contributed by atoms with E-state index >= 15 is 0 Å². The number of rotatable bonds is 3. The van der Waals surface area contributed by atoms with Gasteiger partial charge in [0.25, 0.3) is 0 Å². The van der Waals surface area contributed by atoms with Crippen LogP contribution in [0.4, 0.5) is 11.4 Å². The van der Waals surface area contributed by atoms with Gasteiger partial charge in [-0.15, -0.1) is 0 Å². The van der Waals surface area contributed by atoms with Crippen molar-refractivity contribution in [3.63, 3.8) is 0 Å². The Morgan fingerprint density at radius 1 is 1.12 bits per heavy atom. The minimum absolute atomic E-state index is 0.209. The highest BCUT2D eigenvalue weighted by molar-refractivity contribution is 5.83. The summed E-state index contributed by atoms with van der Waals surface area (Å²) in [5.74, 6) is 6.79. The molecule has 1 aromatic heterocycles. The Bertz CT molecular complexity index is 898. The molecule has 1 fully saturated rings. The number of H-pyrrole nitrogens is 1. The maximum Gasteiger partial charge on any atom is 0.139 e. The second kappa shape index (κ2) is 6.27. The SMILES string of the molecule is CNc1ccc(-c2nc3ccc(N4CCN(N)CC4)cc3[nH]2)cc1O. The van der Waals surface area contributed by atoms with Crippen LogP contribution in [0.15, 0.2) is 36.4 Å². The van der Waals surface area contributed by atoms with E-state index in [-0.39, 0.29) is 5.75 Å². The van der Waals surface area contributed by atoms with Gasteiger partial charge in [-0.2, -0.15) is 0 Å². The molecule has 0 aliphatic carbocycles. The second-order valence-electron chi connectivity index (χ2n) is 6.29. The third-order valence-electron chi connectivity index (χ3n) is 4.69. The zero-order valence-corrected chi connectivity index (χ0v) is 14.2. The molecule has 7 heteroatoms. The van der Waals surface area contributed by atoms with E-state index in [9.17, 15) is 5.11 Å². The average molecular weight is 338 g/mol. The predicted molar refractivity (Wildman–Crippen MR) is 101 cm³/mol. The summed E-state index contributed by atoms with van der Waals surface area (Å²) in [6.07, 6.45) is 0. The zero-order chi connectivity index (χ0) is 17.4. The van der Waals surface area contributed by atoms with Crippen molar-refractivity contribution in [2.75, 3.05) is 43.4 Å². The summed E-state index contributed by atoms with van der Waals surface area (Å²) >= 11 is 0. The van der Waals surface area contributed by atoms with Crippen molar-refractivity contribution in [2.45, 2.75) is 0 Å². The zero-order valence-electron chi connectivity index (χ0n) is 14.2. The number of hydrogen-bond acceptors (Lipinski definition) is 6. The number of fused-ring (bicyclic) bond motifs is 1. The quantitative estimate of drug-likeness (QED) is 0.431. The number of hydrogen-bond donors (Lipinski definition) is 4. The molecule has 130 valence electrons. The Morgan fingerprint density at radius 3 is 2.64 bits per heavy atom. The van der Waals surface area contributed by atoms with Crippen molar-refractivity contribution in [3.05, 3.63) is 36.4 Å². The van der Waals surface area contributed by atoms with Gasteiger partial charge in [-0.3, -0.25) is 5.84 Å². The molecular formula is C18H22N6O. The third kappa shape index (κ3) is 2.99. The van der Waals surface area contributed by atoms with Crippen molar-refractivity contribution in [2.24, 2.45) is 5.84 Å². The molecule has 0 radical (unpaired) electrons. The Kier molecular flexibility index (Phi) is 3.95. The number of aromatic amines is 1. The van der Waals surface area contributed by atoms with Crippen molar-refractivity contribution < 1.29 is 5.11 Å². The molecule has 25 heavy (non-hydrogen) atoms. The van der Waals surface area contributed by atoms with Crippen LogP contribution >= 0.6 is 0 Å². The molecule has 7 nitrogen and oxygen atoms in total. The Morgan fingerprint density at radius 2 is 1.92 bits per heavy atom. The molecule has 0 bridgehead atoms. The molecule has 0 atom stereocenters. The van der Waals surface area contributed by atoms with Crippen molar-refractivity contribution >= 4 is 22.4 Å². The Hall–Kier alpha value is -2.77. The third-order valence-corrected chi connectivity index (χ3v) is 4.69. The standard InChI is InChI=1S/C18H22N6O/c1-20-15-4-2-12(10-17(15)25)18-21-14-5-3-13(11-16(14)22-18)23-6-8-24(19)9-7-23/h2-5,10-11,20,25H,6-9,19H2,1H3,(H,21,22). The predicted octanol–water partition coefficient (Wildman–Crippen LogP) is 1.97. The van der Waals surface area contributed by atoms with Crippen LogP contribution in [0.3, 0.4) is 0 Å². The van der Waals surface area contributed by atoms with Crippen molar-refractivity contribution in [1.29, 1.82) is 0 Å². The summed E-state index contributed by atoms with van der Waals surface area (Å²) < 4.78 is 0. The highest BCUT2D eigenvalue weighted by Gasteiger charge is 2.16. The number of anilines is 2. The van der Waals surface area contributed by atoms with Gasteiger partial charge in [-0.1, -0.05) is 0 Å². The van der Waals surface area contributed by atoms with E-state index in [0.29, 0.717) is 5.69 Å². The first-order valence-corrected chi connectivity index (χ1v) is 8.39. The molecule has 0 saturated carbocycles. The molecule has 3 aromatic rings. The number of hydrazine groups is 1. The van der Waals surface area contributed by atoms with Crippen LogP contribution in [0, 0.1) is 0 Å². The Balaban J connectivity index is 1.65. The fraction of sp³-hybridized carbons (Fsp3) is 0.278. The van der Waals surface area contributed by atoms with E-state index in [1.165, 1.54) is 5.69 Å². The summed E-state index contributed by atoms with van der Waals surface area (Å²) in [5, 5.41) is 14.8. The van der Waals surface area contributed by atoms with Crippen LogP contribution in [0.5, 0.6) is 5.75 Å². The van der Waals surface area contributed by atoms with Gasteiger partial charge >= 0.3 is 0 Å². The van der Waals surface area contributed by atoms with Gasteiger partial charge < -0.3 is 20.3 Å². The van der Waals surface area contributed by atoms with Gasteiger partial charge in [-0.05, 0) is 36.4 Å². The number of benzene rings is 2. The minimum atomic E-state index is 0.209. The molecule has 0 unspecified atom stereocenters. The lowest BCUT2D eigenvalue weighted by molar-refractivity contribution is 0.266. The van der Waals surface area contributed by atoms with Crippen molar-refractivity contribution in [3.8, 4) is 17.1 Å². The number of nitrogens with one attached hydrogen (secondary N) is 2. The lowest BCUT2D eigenvalue weighted by Gasteiger charge is -2.33. The van der Waals surface area contributed by atoms with Gasteiger partial charge in [-0.25, -0.2) is 9.99 Å². The molecule has 1 saturated heterocycles. The average Bonchev–Trinajstić information content (AvgIpc) is 3.05. The molecule has 1 aliphatic heterocycles. The number of imidazole rings is 1. The molecule has 5 N–H and O–H groups in total. The summed E-state index contributed by atoms with van der Waals surface area (Å²) in [6.45, 7) is 3.57. The van der Waals surface area contributed by atoms with E-state index in [2.05, 4.69) is 32.3 Å². The number of phenols is 1. The number of aromatic hydroxyl groups is 1. The van der Waals surface area contributed by atoms with Crippen LogP contribution in [0.1, 0.15) is 0 Å². The lowest BCUT2D eigenvalue weighted by Crippen LogP contribution is -2.49. The summed E-state index contributed by atoms with van der Waals surface area (Å²) in [5.41, 5.74) is 4.62. The fourth-order valence-electron chi connectivity index (χ4n) is 3.20. The van der Waals surface area contributed by atoms with E-state index in [1.54, 1.807) is 13.1 Å². The maximum atomic E-state index is 10.0. The van der Waals surface area contributed by atoms with Crippen molar-refractivity contribution in [1.82, 2.24) is 15.0 Å². The summed E-state index contributed by atoms with van der Waals surface area (Å²) in [6, 6.07) is 11.7. The van der Waals surface area contributed by atoms with Gasteiger partial charge in [0.2, 0.25) is 0 Å². The molecule has 1 aliphatic rings. The van der Waals surface area contributed by atoms with Crippen LogP contribution in [0.2, 0.25) is 0 Å².